The predicted octanol–water partition coefficient (Wildman–Crippen LogP) is -0.607. The second-order valence-corrected chi connectivity index (χ2v) is 23.8. The van der Waals surface area contributed by atoms with Crippen molar-refractivity contribution in [1.82, 2.24) is 0 Å². The molecule has 0 amide bonds. The van der Waals surface area contributed by atoms with E-state index in [4.69, 9.17) is 10.2 Å². The molecule has 0 rings (SSSR count). The van der Waals surface area contributed by atoms with Crippen LogP contribution in [0.2, 0.25) is 0 Å². The Morgan fingerprint density at radius 3 is 2.10 bits per heavy atom. The third kappa shape index (κ3) is 4.84. The van der Waals surface area contributed by atoms with Crippen molar-refractivity contribution in [3.05, 3.63) is 0 Å². The van der Waals surface area contributed by atoms with Crippen LogP contribution < -0.4 is 0 Å². The summed E-state index contributed by atoms with van der Waals surface area (Å²) in [5.41, 5.74) is 0. The Hall–Kier alpha value is 1.10. The Labute approximate surface area is 78.3 Å². The molecule has 0 heterocycles. The summed E-state index contributed by atoms with van der Waals surface area (Å²) in [6, 6.07) is 0. The van der Waals surface area contributed by atoms with Crippen LogP contribution in [-0.2, 0) is 25.3 Å². The normalized spacial score (nSPS) is 14.1. The summed E-state index contributed by atoms with van der Waals surface area (Å²) < 4.78 is -1.81. The summed E-state index contributed by atoms with van der Waals surface area (Å²) in [5.74, 6) is 0. The molecule has 0 fully saturated rings. The van der Waals surface area contributed by atoms with Gasteiger partial charge < -0.3 is 0 Å². The molecule has 10 heavy (non-hydrogen) atoms. The molecule has 61 valence electrons. The molecular weight excluding hydrogens is 350 g/mol. The molecule has 0 aromatic carbocycles. The van der Waals surface area contributed by atoms with Crippen LogP contribution in [0, 0.1) is 0 Å². The topological polar surface area (TPSA) is 74.6 Å². The third-order valence-corrected chi connectivity index (χ3v) is 27.8. The molecule has 0 spiro atoms. The average Bonchev–Trinajstić information content (AvgIpc) is 1.81. The van der Waals surface area contributed by atoms with Crippen LogP contribution in [0.25, 0.3) is 0 Å². The second kappa shape index (κ2) is 5.71. The molecular formula is C2H3As2Fe2O4. The van der Waals surface area contributed by atoms with Crippen molar-refractivity contribution >= 4 is 33.9 Å². The van der Waals surface area contributed by atoms with Gasteiger partial charge in [-0.15, -0.1) is 0 Å². The molecule has 0 saturated carbocycles. The van der Waals surface area contributed by atoms with Crippen LogP contribution in [-0.4, -0.2) is 44.1 Å². The van der Waals surface area contributed by atoms with Gasteiger partial charge in [-0.3, -0.25) is 0 Å². The molecule has 0 radical (unpaired) electrons. The zero-order valence-corrected chi connectivity index (χ0v) is 10.5. The molecule has 0 bridgehead atoms. The molecule has 2 unspecified atom stereocenters. The van der Waals surface area contributed by atoms with E-state index in [9.17, 15) is 9.59 Å². The first kappa shape index (κ1) is 11.1. The molecule has 2 N–H and O–H groups in total. The molecule has 0 aliphatic rings. The fourth-order valence-corrected chi connectivity index (χ4v) is 14.9. The Kier molecular flexibility index (Phi) is 6.33. The summed E-state index contributed by atoms with van der Waals surface area (Å²) in [4.78, 5) is 20.3. The fraction of sp³-hybridized carbons (Fsp3) is 0. The maximum atomic E-state index is 10.3. The maximum absolute atomic E-state index is 10.3. The molecule has 0 aromatic rings. The van der Waals surface area contributed by atoms with Gasteiger partial charge >= 0.3 is 79.0 Å². The summed E-state index contributed by atoms with van der Waals surface area (Å²) in [6.07, 6.45) is 0. The van der Waals surface area contributed by atoms with E-state index in [0.29, 0.717) is 11.1 Å². The molecule has 0 aliphatic heterocycles. The van der Waals surface area contributed by atoms with Crippen LogP contribution in [0.5, 0.6) is 0 Å². The monoisotopic (exact) mass is 353 g/mol. The summed E-state index contributed by atoms with van der Waals surface area (Å²) in [7, 11) is -2.08. The van der Waals surface area contributed by atoms with E-state index < -0.39 is 33.9 Å². The van der Waals surface area contributed by atoms with Crippen molar-refractivity contribution in [3.63, 3.8) is 0 Å². The van der Waals surface area contributed by atoms with E-state index >= 15 is 0 Å². The van der Waals surface area contributed by atoms with Crippen LogP contribution in [0.15, 0.2) is 0 Å². The van der Waals surface area contributed by atoms with Crippen molar-refractivity contribution in [2.45, 2.75) is 0 Å². The van der Waals surface area contributed by atoms with Crippen LogP contribution >= 0.6 is 0 Å². The summed E-state index contributed by atoms with van der Waals surface area (Å²) in [6.45, 7) is 0. The van der Waals surface area contributed by atoms with Gasteiger partial charge in [0.1, 0.15) is 0 Å². The van der Waals surface area contributed by atoms with Gasteiger partial charge in [0.2, 0.25) is 0 Å². The van der Waals surface area contributed by atoms with E-state index in [0.717, 1.165) is 0 Å². The van der Waals surface area contributed by atoms with Crippen molar-refractivity contribution in [3.8, 4) is 0 Å². The SMILES string of the molecule is O=C(O)[AsH][As]([Fe][Fe])C(=O)O. The molecule has 0 aromatic heterocycles. The van der Waals surface area contributed by atoms with Gasteiger partial charge in [0.15, 0.2) is 0 Å². The van der Waals surface area contributed by atoms with Crippen molar-refractivity contribution < 1.29 is 45.1 Å². The Morgan fingerprint density at radius 2 is 2.00 bits per heavy atom. The first-order chi connectivity index (χ1) is 4.57. The Morgan fingerprint density at radius 1 is 1.50 bits per heavy atom. The number of rotatable bonds is 4. The Bertz CT molecular complexity index is 150. The summed E-state index contributed by atoms with van der Waals surface area (Å²) >= 11 is 2.46. The second-order valence-electron chi connectivity index (χ2n) is 1.03. The van der Waals surface area contributed by atoms with Crippen LogP contribution in [0.3, 0.4) is 0 Å². The van der Waals surface area contributed by atoms with Gasteiger partial charge in [-0.25, -0.2) is 0 Å². The van der Waals surface area contributed by atoms with Gasteiger partial charge in [-0.2, -0.15) is 0 Å². The fourth-order valence-electron chi connectivity index (χ4n) is 0.167. The van der Waals surface area contributed by atoms with Crippen molar-refractivity contribution in [2.24, 2.45) is 0 Å². The van der Waals surface area contributed by atoms with Crippen molar-refractivity contribution in [2.75, 3.05) is 0 Å². The first-order valence-electron chi connectivity index (χ1n) is 1.84. The number of carboxylic acid groups (broad SMARTS) is 2. The van der Waals surface area contributed by atoms with E-state index in [2.05, 4.69) is 14.2 Å². The summed E-state index contributed by atoms with van der Waals surface area (Å²) in [5, 5.41) is 16.7. The predicted molar refractivity (Wildman–Crippen MR) is 29.0 cm³/mol. The zero-order valence-electron chi connectivity index (χ0n) is 4.37. The number of hydrogen-bond donors (Lipinski definition) is 2. The van der Waals surface area contributed by atoms with Gasteiger partial charge in [0.25, 0.3) is 0 Å². The molecule has 0 aliphatic carbocycles. The molecule has 0 saturated heterocycles. The van der Waals surface area contributed by atoms with Crippen LogP contribution in [0.1, 0.15) is 0 Å². The number of hydrogen-bond acceptors (Lipinski definition) is 2. The van der Waals surface area contributed by atoms with Gasteiger partial charge in [-0.1, -0.05) is 0 Å². The third-order valence-electron chi connectivity index (χ3n) is 0.410. The van der Waals surface area contributed by atoms with E-state index in [1.807, 2.05) is 0 Å². The Balaban J connectivity index is 3.83. The molecule has 4 nitrogen and oxygen atoms in total. The minimum absolute atomic E-state index is 0.314. The molecule has 8 heteroatoms. The molecule has 2 atom stereocenters. The standard InChI is InChI=1S/C2H3As2O4.2Fe/c5-1(6)3-4-2(7)8;;/h3H,(H,5,6)(H,7,8);;/q-1;;+1. The van der Waals surface area contributed by atoms with Crippen molar-refractivity contribution in [1.29, 1.82) is 0 Å². The van der Waals surface area contributed by atoms with Gasteiger partial charge in [0, 0.05) is 0 Å². The van der Waals surface area contributed by atoms with Gasteiger partial charge in [-0.05, 0) is 0 Å². The average molecular weight is 353 g/mol. The van der Waals surface area contributed by atoms with E-state index in [1.54, 1.807) is 0 Å². The van der Waals surface area contributed by atoms with Crippen LogP contribution in [0.4, 0.5) is 9.59 Å². The quantitative estimate of drug-likeness (QED) is 0.662. The first-order valence-corrected chi connectivity index (χ1v) is 14.9. The zero-order chi connectivity index (χ0) is 8.15. The number of carbonyl (C=O) groups is 2. The minimum atomic E-state index is -2.08. The van der Waals surface area contributed by atoms with Gasteiger partial charge in [0.05, 0.1) is 0 Å². The van der Waals surface area contributed by atoms with E-state index in [1.165, 1.54) is 0 Å². The van der Waals surface area contributed by atoms with E-state index in [-0.39, 0.29) is 0 Å².